The Morgan fingerprint density at radius 3 is 2.38 bits per heavy atom. The monoisotopic (exact) mass is 285 g/mol. The molecule has 0 fully saturated rings. The number of carbonyl (C=O) groups excluding carboxylic acids is 1. The molecule has 110 valence electrons. The van der Waals surface area contributed by atoms with E-state index in [1.54, 1.807) is 19.1 Å². The van der Waals surface area contributed by atoms with E-state index in [-0.39, 0.29) is 11.6 Å². The summed E-state index contributed by atoms with van der Waals surface area (Å²) in [4.78, 5) is 14.1. The zero-order chi connectivity index (χ0) is 15.4. The molecule has 0 radical (unpaired) electrons. The van der Waals surface area contributed by atoms with Crippen LogP contribution in [0, 0.1) is 19.7 Å². The third-order valence-corrected chi connectivity index (χ3v) is 3.64. The topological polar surface area (TPSA) is 20.3 Å². The van der Waals surface area contributed by atoms with Crippen molar-refractivity contribution in [2.24, 2.45) is 0 Å². The number of aryl methyl sites for hydroxylation is 2. The Kier molecular flexibility index (Phi) is 4.73. The van der Waals surface area contributed by atoms with E-state index in [4.69, 9.17) is 0 Å². The molecule has 3 heteroatoms. The first kappa shape index (κ1) is 15.2. The Balaban J connectivity index is 1.97. The van der Waals surface area contributed by atoms with Gasteiger partial charge in [-0.05, 0) is 37.6 Å². The third-order valence-electron chi connectivity index (χ3n) is 3.64. The molecule has 21 heavy (non-hydrogen) atoms. The van der Waals surface area contributed by atoms with Crippen LogP contribution in [0.4, 0.5) is 10.1 Å². The van der Waals surface area contributed by atoms with Gasteiger partial charge in [0.15, 0.2) is 5.78 Å². The second kappa shape index (κ2) is 6.53. The summed E-state index contributed by atoms with van der Waals surface area (Å²) in [5, 5.41) is 0. The van der Waals surface area contributed by atoms with Crippen molar-refractivity contribution in [2.75, 3.05) is 18.5 Å². The van der Waals surface area contributed by atoms with Gasteiger partial charge in [0.2, 0.25) is 0 Å². The Bertz CT molecular complexity index is 634. The quantitative estimate of drug-likeness (QED) is 0.769. The molecule has 0 heterocycles. The lowest BCUT2D eigenvalue weighted by Crippen LogP contribution is -2.21. The average Bonchev–Trinajstić information content (AvgIpc) is 2.48. The Labute approximate surface area is 125 Å². The van der Waals surface area contributed by atoms with Crippen molar-refractivity contribution in [3.63, 3.8) is 0 Å². The highest BCUT2D eigenvalue weighted by atomic mass is 19.1. The predicted molar refractivity (Wildman–Crippen MR) is 84.5 cm³/mol. The van der Waals surface area contributed by atoms with Crippen LogP contribution < -0.4 is 4.90 Å². The Morgan fingerprint density at radius 2 is 1.76 bits per heavy atom. The first-order valence-electron chi connectivity index (χ1n) is 7.04. The van der Waals surface area contributed by atoms with E-state index in [1.807, 2.05) is 43.1 Å². The molecule has 0 N–H and O–H groups in total. The van der Waals surface area contributed by atoms with E-state index < -0.39 is 0 Å². The lowest BCUT2D eigenvalue weighted by Gasteiger charge is -2.19. The largest absolute Gasteiger partial charge is 0.374 e. The summed E-state index contributed by atoms with van der Waals surface area (Å²) in [6, 6.07) is 12.8. The number of hydrogen-bond donors (Lipinski definition) is 0. The summed E-state index contributed by atoms with van der Waals surface area (Å²) >= 11 is 0. The van der Waals surface area contributed by atoms with Gasteiger partial charge < -0.3 is 4.90 Å². The third kappa shape index (κ3) is 3.91. The molecule has 0 spiro atoms. The molecule has 2 aromatic rings. The van der Waals surface area contributed by atoms with Crippen molar-refractivity contribution >= 4 is 11.5 Å². The van der Waals surface area contributed by atoms with Gasteiger partial charge in [-0.3, -0.25) is 4.79 Å². The summed E-state index contributed by atoms with van der Waals surface area (Å²) in [7, 11) is 1.95. The van der Waals surface area contributed by atoms with Gasteiger partial charge in [0, 0.05) is 31.3 Å². The first-order valence-corrected chi connectivity index (χ1v) is 7.04. The van der Waals surface area contributed by atoms with E-state index in [9.17, 15) is 9.18 Å². The number of ketones is 1. The van der Waals surface area contributed by atoms with Gasteiger partial charge in [-0.1, -0.05) is 29.8 Å². The minimum atomic E-state index is -0.326. The van der Waals surface area contributed by atoms with Gasteiger partial charge in [0.25, 0.3) is 0 Å². The van der Waals surface area contributed by atoms with Crippen LogP contribution in [0.3, 0.4) is 0 Å². The minimum Gasteiger partial charge on any atom is -0.374 e. The van der Waals surface area contributed by atoms with Crippen molar-refractivity contribution in [3.8, 4) is 0 Å². The molecule has 0 unspecified atom stereocenters. The normalized spacial score (nSPS) is 10.5. The number of benzene rings is 2. The molecule has 0 saturated heterocycles. The van der Waals surface area contributed by atoms with Crippen LogP contribution in [0.15, 0.2) is 42.5 Å². The number of rotatable bonds is 5. The highest BCUT2D eigenvalue weighted by molar-refractivity contribution is 5.96. The van der Waals surface area contributed by atoms with Crippen LogP contribution in [0.2, 0.25) is 0 Å². The molecular formula is C18H20FNO. The van der Waals surface area contributed by atoms with E-state index in [2.05, 4.69) is 0 Å². The van der Waals surface area contributed by atoms with Crippen LogP contribution in [0.1, 0.15) is 27.9 Å². The number of nitrogens with zero attached hydrogens (tertiary/aromatic N) is 1. The van der Waals surface area contributed by atoms with Crippen molar-refractivity contribution in [1.29, 1.82) is 0 Å². The molecule has 0 aliphatic carbocycles. The smallest absolute Gasteiger partial charge is 0.164 e. The molecule has 0 amide bonds. The van der Waals surface area contributed by atoms with E-state index in [0.717, 1.165) is 5.69 Å². The summed E-state index contributed by atoms with van der Waals surface area (Å²) in [5.74, 6) is -0.361. The number of hydrogen-bond acceptors (Lipinski definition) is 2. The number of halogens is 1. The van der Waals surface area contributed by atoms with Gasteiger partial charge in [-0.15, -0.1) is 0 Å². The second-order valence-corrected chi connectivity index (χ2v) is 5.39. The maximum absolute atomic E-state index is 13.5. The van der Waals surface area contributed by atoms with Crippen molar-refractivity contribution in [2.45, 2.75) is 20.3 Å². The first-order chi connectivity index (χ1) is 9.97. The molecule has 0 aromatic heterocycles. The molecule has 2 aromatic carbocycles. The minimum absolute atomic E-state index is 0.0344. The fourth-order valence-electron chi connectivity index (χ4n) is 2.11. The average molecular weight is 285 g/mol. The van der Waals surface area contributed by atoms with Crippen molar-refractivity contribution in [3.05, 3.63) is 65.0 Å². The standard InChI is InChI=1S/C18H20FNO/c1-13-4-8-16(9-5-13)20(3)11-10-18(21)15-7-6-14(2)17(19)12-15/h4-9,12H,10-11H2,1-3H3. The van der Waals surface area contributed by atoms with Gasteiger partial charge in [0.05, 0.1) is 0 Å². The van der Waals surface area contributed by atoms with E-state index >= 15 is 0 Å². The van der Waals surface area contributed by atoms with E-state index in [0.29, 0.717) is 24.1 Å². The zero-order valence-corrected chi connectivity index (χ0v) is 12.7. The maximum Gasteiger partial charge on any atom is 0.164 e. The SMILES string of the molecule is Cc1ccc(N(C)CCC(=O)c2ccc(C)c(F)c2)cc1. The van der Waals surface area contributed by atoms with Gasteiger partial charge in [-0.25, -0.2) is 4.39 Å². The fraction of sp³-hybridized carbons (Fsp3) is 0.278. The summed E-state index contributed by atoms with van der Waals surface area (Å²) in [5.41, 5.74) is 3.28. The van der Waals surface area contributed by atoms with Crippen molar-refractivity contribution < 1.29 is 9.18 Å². The Morgan fingerprint density at radius 1 is 1.10 bits per heavy atom. The highest BCUT2D eigenvalue weighted by Crippen LogP contribution is 2.15. The Hall–Kier alpha value is -2.16. The predicted octanol–water partition coefficient (Wildman–Crippen LogP) is 4.15. The molecule has 0 atom stereocenters. The van der Waals surface area contributed by atoms with Gasteiger partial charge >= 0.3 is 0 Å². The van der Waals surface area contributed by atoms with Crippen LogP contribution in [-0.4, -0.2) is 19.4 Å². The van der Waals surface area contributed by atoms with Gasteiger partial charge in [-0.2, -0.15) is 0 Å². The lowest BCUT2D eigenvalue weighted by atomic mass is 10.1. The molecule has 0 aliphatic rings. The van der Waals surface area contributed by atoms with Crippen molar-refractivity contribution in [1.82, 2.24) is 0 Å². The maximum atomic E-state index is 13.5. The number of carbonyl (C=O) groups is 1. The van der Waals surface area contributed by atoms with Crippen LogP contribution in [0.25, 0.3) is 0 Å². The summed E-state index contributed by atoms with van der Waals surface area (Å²) in [6.07, 6.45) is 0.368. The van der Waals surface area contributed by atoms with Crippen LogP contribution in [-0.2, 0) is 0 Å². The van der Waals surface area contributed by atoms with Gasteiger partial charge in [0.1, 0.15) is 5.82 Å². The summed E-state index contributed by atoms with van der Waals surface area (Å²) < 4.78 is 13.5. The number of anilines is 1. The molecule has 0 bridgehead atoms. The molecular weight excluding hydrogens is 265 g/mol. The fourth-order valence-corrected chi connectivity index (χ4v) is 2.11. The highest BCUT2D eigenvalue weighted by Gasteiger charge is 2.10. The zero-order valence-electron chi connectivity index (χ0n) is 12.7. The molecule has 0 aliphatic heterocycles. The molecule has 2 nitrogen and oxygen atoms in total. The molecule has 2 rings (SSSR count). The molecule has 0 saturated carbocycles. The van der Waals surface area contributed by atoms with Crippen LogP contribution in [0.5, 0.6) is 0 Å². The van der Waals surface area contributed by atoms with Crippen LogP contribution >= 0.6 is 0 Å². The second-order valence-electron chi connectivity index (χ2n) is 5.39. The lowest BCUT2D eigenvalue weighted by molar-refractivity contribution is 0.0984. The van der Waals surface area contributed by atoms with E-state index in [1.165, 1.54) is 11.6 Å². The number of Topliss-reactive ketones (excluding diaryl/α,β-unsaturated/α-hetero) is 1. The summed E-state index contributed by atoms with van der Waals surface area (Å²) in [6.45, 7) is 4.34.